The molecule has 0 amide bonds. The van der Waals surface area contributed by atoms with Gasteiger partial charge in [0.15, 0.2) is 0 Å². The topological polar surface area (TPSA) is 23.5 Å². The quantitative estimate of drug-likeness (QED) is 0.866. The van der Waals surface area contributed by atoms with E-state index in [0.29, 0.717) is 18.1 Å². The molecule has 0 unspecified atom stereocenters. The summed E-state index contributed by atoms with van der Waals surface area (Å²) >= 11 is 0. The number of aliphatic hydroxyl groups is 1. The van der Waals surface area contributed by atoms with E-state index in [1.807, 2.05) is 18.2 Å². The van der Waals surface area contributed by atoms with Crippen molar-refractivity contribution in [2.75, 3.05) is 0 Å². The Balaban J connectivity index is 1.87. The Morgan fingerprint density at radius 2 is 1.67 bits per heavy atom. The Bertz CT molecular complexity index is 400. The van der Waals surface area contributed by atoms with Crippen LogP contribution in [0.4, 0.5) is 0 Å². The van der Waals surface area contributed by atoms with Crippen LogP contribution >= 0.6 is 0 Å². The fourth-order valence-corrected chi connectivity index (χ4v) is 4.09. The molecule has 1 aromatic rings. The van der Waals surface area contributed by atoms with Crippen molar-refractivity contribution in [3.8, 4) is 0 Å². The van der Waals surface area contributed by atoms with E-state index in [1.54, 1.807) is 0 Å². The van der Waals surface area contributed by atoms with Crippen LogP contribution in [0, 0.1) is 0 Å². The first-order valence-corrected chi connectivity index (χ1v) is 7.15. The summed E-state index contributed by atoms with van der Waals surface area (Å²) in [6.45, 7) is 4.55. The zero-order valence-electron chi connectivity index (χ0n) is 11.3. The van der Waals surface area contributed by atoms with Crippen LogP contribution in [0.15, 0.2) is 30.3 Å². The van der Waals surface area contributed by atoms with Crippen molar-refractivity contribution in [2.45, 2.75) is 63.3 Å². The van der Waals surface area contributed by atoms with Gasteiger partial charge in [-0.25, -0.2) is 0 Å². The van der Waals surface area contributed by atoms with Crippen molar-refractivity contribution in [3.63, 3.8) is 0 Å². The zero-order chi connectivity index (χ0) is 12.8. The molecule has 3 rings (SSSR count). The maximum Gasteiger partial charge on any atom is 0.0926 e. The van der Waals surface area contributed by atoms with E-state index in [4.69, 9.17) is 0 Å². The minimum Gasteiger partial charge on any atom is -0.385 e. The second-order valence-electron chi connectivity index (χ2n) is 6.23. The van der Waals surface area contributed by atoms with E-state index in [2.05, 4.69) is 30.9 Å². The zero-order valence-corrected chi connectivity index (χ0v) is 11.3. The fraction of sp³-hybridized carbons (Fsp3) is 0.625. The molecular formula is C16H23NO. The predicted molar refractivity (Wildman–Crippen MR) is 73.4 cm³/mol. The lowest BCUT2D eigenvalue weighted by Gasteiger charge is -2.46. The third kappa shape index (κ3) is 1.88. The summed E-state index contributed by atoms with van der Waals surface area (Å²) in [5, 5.41) is 11.0. The second-order valence-corrected chi connectivity index (χ2v) is 6.23. The maximum atomic E-state index is 11.0. The molecule has 2 heterocycles. The molecule has 2 bridgehead atoms. The van der Waals surface area contributed by atoms with Gasteiger partial charge in [-0.3, -0.25) is 4.90 Å². The van der Waals surface area contributed by atoms with Crippen molar-refractivity contribution in [2.24, 2.45) is 0 Å². The number of hydrogen-bond acceptors (Lipinski definition) is 2. The molecule has 2 fully saturated rings. The first kappa shape index (κ1) is 12.2. The Morgan fingerprint density at radius 1 is 1.11 bits per heavy atom. The number of hydrogen-bond donors (Lipinski definition) is 1. The van der Waals surface area contributed by atoms with Gasteiger partial charge in [0.25, 0.3) is 0 Å². The number of piperidine rings is 1. The van der Waals surface area contributed by atoms with E-state index in [9.17, 15) is 5.11 Å². The molecule has 0 spiro atoms. The molecule has 2 atom stereocenters. The first-order chi connectivity index (χ1) is 8.60. The Hall–Kier alpha value is -0.860. The highest BCUT2D eigenvalue weighted by Crippen LogP contribution is 2.46. The van der Waals surface area contributed by atoms with E-state index < -0.39 is 5.60 Å². The summed E-state index contributed by atoms with van der Waals surface area (Å²) in [7, 11) is 0. The molecule has 2 aliphatic heterocycles. The molecule has 2 heteroatoms. The fourth-order valence-electron chi connectivity index (χ4n) is 4.09. The van der Waals surface area contributed by atoms with E-state index >= 15 is 0 Å². The third-order valence-corrected chi connectivity index (χ3v) is 4.73. The van der Waals surface area contributed by atoms with Crippen LogP contribution in [-0.4, -0.2) is 28.1 Å². The van der Waals surface area contributed by atoms with E-state index in [-0.39, 0.29) is 0 Å². The van der Waals surface area contributed by atoms with E-state index in [0.717, 1.165) is 18.4 Å². The minimum absolute atomic E-state index is 0.564. The van der Waals surface area contributed by atoms with Gasteiger partial charge in [0.05, 0.1) is 5.60 Å². The Labute approximate surface area is 110 Å². The summed E-state index contributed by atoms with van der Waals surface area (Å²) in [5.74, 6) is 0. The Morgan fingerprint density at radius 3 is 2.17 bits per heavy atom. The molecule has 98 valence electrons. The van der Waals surface area contributed by atoms with Crippen molar-refractivity contribution < 1.29 is 5.11 Å². The van der Waals surface area contributed by atoms with Crippen molar-refractivity contribution >= 4 is 0 Å². The standard InChI is InChI=1S/C16H23NO/c1-12(2)17-14-8-9-15(17)11-16(18,10-14)13-6-4-3-5-7-13/h3-7,12,14-15,18H,8-11H2,1-2H3/t14-,15-/m1/s1. The van der Waals surface area contributed by atoms with Gasteiger partial charge in [-0.2, -0.15) is 0 Å². The van der Waals surface area contributed by atoms with Gasteiger partial charge < -0.3 is 5.11 Å². The summed E-state index contributed by atoms with van der Waals surface area (Å²) in [6.07, 6.45) is 4.29. The van der Waals surface area contributed by atoms with Gasteiger partial charge in [-0.05, 0) is 45.1 Å². The van der Waals surface area contributed by atoms with Crippen LogP contribution in [0.1, 0.15) is 45.1 Å². The highest BCUT2D eigenvalue weighted by Gasteiger charge is 2.48. The highest BCUT2D eigenvalue weighted by molar-refractivity contribution is 5.25. The summed E-state index contributed by atoms with van der Waals surface area (Å²) in [4.78, 5) is 2.62. The normalized spacial score (nSPS) is 36.2. The monoisotopic (exact) mass is 245 g/mol. The SMILES string of the molecule is CC(C)N1[C@@H]2CC[C@@H]1CC(O)(c1ccccc1)C2. The average Bonchev–Trinajstić information content (AvgIpc) is 2.64. The highest BCUT2D eigenvalue weighted by atomic mass is 16.3. The molecule has 0 aliphatic carbocycles. The molecule has 0 radical (unpaired) electrons. The molecular weight excluding hydrogens is 222 g/mol. The molecule has 1 N–H and O–H groups in total. The third-order valence-electron chi connectivity index (χ3n) is 4.73. The molecule has 1 aromatic carbocycles. The number of fused-ring (bicyclic) bond motifs is 2. The van der Waals surface area contributed by atoms with Crippen molar-refractivity contribution in [1.82, 2.24) is 4.90 Å². The van der Waals surface area contributed by atoms with Crippen molar-refractivity contribution in [3.05, 3.63) is 35.9 Å². The van der Waals surface area contributed by atoms with Crippen LogP contribution in [0.2, 0.25) is 0 Å². The Kier molecular flexibility index (Phi) is 2.95. The minimum atomic E-state index is -0.599. The molecule has 18 heavy (non-hydrogen) atoms. The smallest absolute Gasteiger partial charge is 0.0926 e. The summed E-state index contributed by atoms with van der Waals surface area (Å²) in [5.41, 5.74) is 0.503. The molecule has 0 aromatic heterocycles. The maximum absolute atomic E-state index is 11.0. The van der Waals surface area contributed by atoms with Gasteiger partial charge in [-0.1, -0.05) is 30.3 Å². The van der Waals surface area contributed by atoms with Gasteiger partial charge in [0.2, 0.25) is 0 Å². The van der Waals surface area contributed by atoms with Crippen LogP contribution in [0.25, 0.3) is 0 Å². The number of nitrogens with zero attached hydrogens (tertiary/aromatic N) is 1. The lowest BCUT2D eigenvalue weighted by Crippen LogP contribution is -2.52. The first-order valence-electron chi connectivity index (χ1n) is 7.15. The van der Waals surface area contributed by atoms with Gasteiger partial charge in [0, 0.05) is 18.1 Å². The van der Waals surface area contributed by atoms with Crippen LogP contribution < -0.4 is 0 Å². The van der Waals surface area contributed by atoms with Gasteiger partial charge in [-0.15, -0.1) is 0 Å². The number of benzene rings is 1. The molecule has 0 saturated carbocycles. The largest absolute Gasteiger partial charge is 0.385 e. The second kappa shape index (κ2) is 4.36. The lowest BCUT2D eigenvalue weighted by molar-refractivity contribution is -0.0655. The molecule has 2 aliphatic rings. The lowest BCUT2D eigenvalue weighted by atomic mass is 9.80. The van der Waals surface area contributed by atoms with Crippen LogP contribution in [-0.2, 0) is 5.60 Å². The van der Waals surface area contributed by atoms with Gasteiger partial charge in [0.1, 0.15) is 0 Å². The van der Waals surface area contributed by atoms with E-state index in [1.165, 1.54) is 12.8 Å². The van der Waals surface area contributed by atoms with Crippen LogP contribution in [0.3, 0.4) is 0 Å². The van der Waals surface area contributed by atoms with Crippen molar-refractivity contribution in [1.29, 1.82) is 0 Å². The predicted octanol–water partition coefficient (Wildman–Crippen LogP) is 2.91. The van der Waals surface area contributed by atoms with Gasteiger partial charge >= 0.3 is 0 Å². The van der Waals surface area contributed by atoms with Crippen LogP contribution in [0.5, 0.6) is 0 Å². The molecule has 2 saturated heterocycles. The molecule has 2 nitrogen and oxygen atoms in total. The summed E-state index contributed by atoms with van der Waals surface area (Å²) in [6, 6.07) is 12.0. The summed E-state index contributed by atoms with van der Waals surface area (Å²) < 4.78 is 0. The number of rotatable bonds is 2. The average molecular weight is 245 g/mol.